The normalized spacial score (nSPS) is 10.6. The Morgan fingerprint density at radius 2 is 1.50 bits per heavy atom. The van der Waals surface area contributed by atoms with Gasteiger partial charge < -0.3 is 15.2 Å². The molecule has 24 heavy (non-hydrogen) atoms. The largest absolute Gasteiger partial charge is 0.497 e. The molecule has 0 bridgehead atoms. The Kier molecular flexibility index (Phi) is 4.82. The molecule has 0 spiro atoms. The summed E-state index contributed by atoms with van der Waals surface area (Å²) in [6.07, 6.45) is 0.742. The number of methoxy groups -OCH3 is 2. The van der Waals surface area contributed by atoms with Gasteiger partial charge in [-0.3, -0.25) is 0 Å². The zero-order valence-electron chi connectivity index (χ0n) is 13.9. The van der Waals surface area contributed by atoms with Crippen LogP contribution in [0.2, 0.25) is 0 Å². The Morgan fingerprint density at radius 3 is 2.04 bits per heavy atom. The summed E-state index contributed by atoms with van der Waals surface area (Å²) in [5, 5.41) is 4.71. The number of aromatic nitrogens is 2. The zero-order valence-corrected chi connectivity index (χ0v) is 13.9. The van der Waals surface area contributed by atoms with Crippen LogP contribution in [0.15, 0.2) is 54.6 Å². The summed E-state index contributed by atoms with van der Waals surface area (Å²) in [5.74, 6) is 1.65. The Hall–Kier alpha value is -2.79. The lowest BCUT2D eigenvalue weighted by molar-refractivity contribution is 0.414. The number of rotatable bonds is 6. The molecule has 0 aliphatic rings. The van der Waals surface area contributed by atoms with Gasteiger partial charge in [0.25, 0.3) is 0 Å². The van der Waals surface area contributed by atoms with Crippen LogP contribution in [0.3, 0.4) is 0 Å². The number of nitrogens with zero attached hydrogens (tertiary/aromatic N) is 2. The third-order valence-electron chi connectivity index (χ3n) is 3.86. The van der Waals surface area contributed by atoms with Gasteiger partial charge in [-0.2, -0.15) is 5.10 Å². The van der Waals surface area contributed by atoms with Gasteiger partial charge in [-0.25, -0.2) is 4.68 Å². The molecule has 3 rings (SSSR count). The molecule has 2 N–H and O–H groups in total. The van der Waals surface area contributed by atoms with Crippen LogP contribution < -0.4 is 15.2 Å². The van der Waals surface area contributed by atoms with Crippen LogP contribution in [0.25, 0.3) is 16.9 Å². The highest BCUT2D eigenvalue weighted by atomic mass is 16.5. The van der Waals surface area contributed by atoms with E-state index in [1.165, 1.54) is 0 Å². The number of hydrogen-bond donors (Lipinski definition) is 1. The van der Waals surface area contributed by atoms with Crippen molar-refractivity contribution in [3.8, 4) is 28.4 Å². The molecule has 0 unspecified atom stereocenters. The first-order valence-corrected chi connectivity index (χ1v) is 7.83. The summed E-state index contributed by atoms with van der Waals surface area (Å²) in [4.78, 5) is 0. The van der Waals surface area contributed by atoms with Crippen LogP contribution >= 0.6 is 0 Å². The number of ether oxygens (including phenoxy) is 2. The van der Waals surface area contributed by atoms with Gasteiger partial charge in [0.2, 0.25) is 0 Å². The number of nitrogens with two attached hydrogens (primary N) is 1. The second kappa shape index (κ2) is 7.19. The van der Waals surface area contributed by atoms with Gasteiger partial charge in [-0.1, -0.05) is 0 Å². The molecule has 5 nitrogen and oxygen atoms in total. The van der Waals surface area contributed by atoms with E-state index in [1.807, 2.05) is 53.2 Å². The van der Waals surface area contributed by atoms with E-state index in [2.05, 4.69) is 6.07 Å². The Balaban J connectivity index is 2.05. The molecular weight excluding hydrogens is 302 g/mol. The third-order valence-corrected chi connectivity index (χ3v) is 3.86. The van der Waals surface area contributed by atoms with E-state index >= 15 is 0 Å². The molecule has 0 amide bonds. The minimum atomic E-state index is 0.571. The van der Waals surface area contributed by atoms with Gasteiger partial charge >= 0.3 is 0 Å². The minimum Gasteiger partial charge on any atom is -0.497 e. The van der Waals surface area contributed by atoms with E-state index in [1.54, 1.807) is 14.2 Å². The highest BCUT2D eigenvalue weighted by molar-refractivity contribution is 5.63. The summed E-state index contributed by atoms with van der Waals surface area (Å²) >= 11 is 0. The van der Waals surface area contributed by atoms with Crippen LogP contribution in [0.5, 0.6) is 11.5 Å². The fourth-order valence-electron chi connectivity index (χ4n) is 2.59. The van der Waals surface area contributed by atoms with Crippen LogP contribution in [-0.4, -0.2) is 30.5 Å². The minimum absolute atomic E-state index is 0.571. The van der Waals surface area contributed by atoms with Crippen molar-refractivity contribution < 1.29 is 9.47 Å². The monoisotopic (exact) mass is 323 g/mol. The van der Waals surface area contributed by atoms with Crippen molar-refractivity contribution in [3.63, 3.8) is 0 Å². The first kappa shape index (κ1) is 16.1. The van der Waals surface area contributed by atoms with Crippen molar-refractivity contribution in [1.82, 2.24) is 9.78 Å². The summed E-state index contributed by atoms with van der Waals surface area (Å²) in [5.41, 5.74) is 9.73. The van der Waals surface area contributed by atoms with Crippen molar-refractivity contribution >= 4 is 0 Å². The molecule has 2 aromatic carbocycles. The van der Waals surface area contributed by atoms with Gasteiger partial charge in [0.05, 0.1) is 31.3 Å². The molecule has 5 heteroatoms. The fourth-order valence-corrected chi connectivity index (χ4v) is 2.59. The average molecular weight is 323 g/mol. The SMILES string of the molecule is COc1ccc(-c2cc(CCN)nn2-c2ccc(OC)cc2)cc1. The predicted molar refractivity (Wildman–Crippen MR) is 94.9 cm³/mol. The lowest BCUT2D eigenvalue weighted by Crippen LogP contribution is -2.04. The van der Waals surface area contributed by atoms with Crippen molar-refractivity contribution in [2.75, 3.05) is 20.8 Å². The molecule has 1 aromatic heterocycles. The van der Waals surface area contributed by atoms with Gasteiger partial charge in [-0.05, 0) is 61.1 Å². The molecule has 0 aliphatic heterocycles. The molecule has 0 aliphatic carbocycles. The predicted octanol–water partition coefficient (Wildman–Crippen LogP) is 3.06. The van der Waals surface area contributed by atoms with Gasteiger partial charge in [-0.15, -0.1) is 0 Å². The molecular formula is C19H21N3O2. The summed E-state index contributed by atoms with van der Waals surface area (Å²) < 4.78 is 12.4. The number of benzene rings is 2. The highest BCUT2D eigenvalue weighted by Crippen LogP contribution is 2.27. The lowest BCUT2D eigenvalue weighted by atomic mass is 10.1. The van der Waals surface area contributed by atoms with Crippen LogP contribution in [0, 0.1) is 0 Å². The molecule has 1 heterocycles. The summed E-state index contributed by atoms with van der Waals surface area (Å²) in [6.45, 7) is 0.571. The molecule has 0 saturated heterocycles. The quantitative estimate of drug-likeness (QED) is 0.757. The standard InChI is InChI=1S/C19H21N3O2/c1-23-17-7-3-14(4-8-17)19-13-15(11-12-20)21-22(19)16-5-9-18(24-2)10-6-16/h3-10,13H,11-12,20H2,1-2H3. The highest BCUT2D eigenvalue weighted by Gasteiger charge is 2.12. The second-order valence-electron chi connectivity index (χ2n) is 5.40. The van der Waals surface area contributed by atoms with Crippen molar-refractivity contribution in [3.05, 3.63) is 60.3 Å². The van der Waals surface area contributed by atoms with E-state index < -0.39 is 0 Å². The summed E-state index contributed by atoms with van der Waals surface area (Å²) in [6, 6.07) is 17.9. The van der Waals surface area contributed by atoms with Crippen molar-refractivity contribution in [2.24, 2.45) is 5.73 Å². The van der Waals surface area contributed by atoms with E-state index in [-0.39, 0.29) is 0 Å². The van der Waals surface area contributed by atoms with Crippen LogP contribution in [0.4, 0.5) is 0 Å². The summed E-state index contributed by atoms with van der Waals surface area (Å²) in [7, 11) is 3.32. The number of hydrogen-bond acceptors (Lipinski definition) is 4. The maximum absolute atomic E-state index is 5.69. The topological polar surface area (TPSA) is 62.3 Å². The third kappa shape index (κ3) is 3.26. The molecule has 0 fully saturated rings. The van der Waals surface area contributed by atoms with Gasteiger partial charge in [0.1, 0.15) is 11.5 Å². The van der Waals surface area contributed by atoms with E-state index in [0.717, 1.165) is 40.6 Å². The Bertz CT molecular complexity index is 727. The second-order valence-corrected chi connectivity index (χ2v) is 5.40. The molecule has 124 valence electrons. The van der Waals surface area contributed by atoms with Crippen LogP contribution in [0.1, 0.15) is 5.69 Å². The molecule has 0 atom stereocenters. The maximum Gasteiger partial charge on any atom is 0.119 e. The van der Waals surface area contributed by atoms with Crippen molar-refractivity contribution in [2.45, 2.75) is 6.42 Å². The molecule has 0 saturated carbocycles. The van der Waals surface area contributed by atoms with Crippen molar-refractivity contribution in [1.29, 1.82) is 0 Å². The van der Waals surface area contributed by atoms with Crippen LogP contribution in [-0.2, 0) is 6.42 Å². The van der Waals surface area contributed by atoms with E-state index in [4.69, 9.17) is 20.3 Å². The Labute approximate surface area is 141 Å². The first-order chi connectivity index (χ1) is 11.7. The van der Waals surface area contributed by atoms with Gasteiger partial charge in [0, 0.05) is 12.0 Å². The zero-order chi connectivity index (χ0) is 16.9. The smallest absolute Gasteiger partial charge is 0.119 e. The van der Waals surface area contributed by atoms with Gasteiger partial charge in [0.15, 0.2) is 0 Å². The average Bonchev–Trinajstić information content (AvgIpc) is 3.06. The lowest BCUT2D eigenvalue weighted by Gasteiger charge is -2.09. The molecule has 3 aromatic rings. The first-order valence-electron chi connectivity index (χ1n) is 7.83. The van der Waals surface area contributed by atoms with E-state index in [9.17, 15) is 0 Å². The Morgan fingerprint density at radius 1 is 0.917 bits per heavy atom. The maximum atomic E-state index is 5.69. The fraction of sp³-hybridized carbons (Fsp3) is 0.211. The molecule has 0 radical (unpaired) electrons. The van der Waals surface area contributed by atoms with E-state index in [0.29, 0.717) is 6.54 Å².